The third kappa shape index (κ3) is 3.26. The Bertz CT molecular complexity index is 573. The molecular weight excluding hydrogens is 284 g/mol. The minimum absolute atomic E-state index is 0.167. The van der Waals surface area contributed by atoms with Crippen LogP contribution in [0.5, 0.6) is 0 Å². The molecule has 6 nitrogen and oxygen atoms in total. The molecule has 1 unspecified atom stereocenters. The second-order valence-corrected chi connectivity index (χ2v) is 6.37. The van der Waals surface area contributed by atoms with Gasteiger partial charge in [-0.2, -0.15) is 0 Å². The lowest BCUT2D eigenvalue weighted by atomic mass is 9.81. The maximum Gasteiger partial charge on any atom is 0.328 e. The first kappa shape index (κ1) is 16.4. The van der Waals surface area contributed by atoms with Crippen LogP contribution in [0.25, 0.3) is 0 Å². The Morgan fingerprint density at radius 3 is 2.41 bits per heavy atom. The van der Waals surface area contributed by atoms with Gasteiger partial charge in [-0.15, -0.1) is 0 Å². The molecule has 1 atom stereocenters. The number of aliphatic imine (C=N–C) groups is 1. The zero-order valence-corrected chi connectivity index (χ0v) is 13.8. The van der Waals surface area contributed by atoms with Crippen LogP contribution < -0.4 is 5.32 Å². The second kappa shape index (κ2) is 6.02. The summed E-state index contributed by atoms with van der Waals surface area (Å²) in [6.07, 6.45) is 2.12. The molecule has 2 rings (SSSR count). The van der Waals surface area contributed by atoms with E-state index in [0.717, 1.165) is 23.5 Å². The Kier molecular flexibility index (Phi) is 4.49. The molecule has 0 saturated carbocycles. The number of carboxylic acid groups (broad SMARTS) is 1. The Morgan fingerprint density at radius 1 is 1.27 bits per heavy atom. The highest BCUT2D eigenvalue weighted by atomic mass is 16.5. The molecule has 1 aliphatic carbocycles. The van der Waals surface area contributed by atoms with E-state index in [4.69, 9.17) is 14.6 Å². The molecule has 0 radical (unpaired) electrons. The van der Waals surface area contributed by atoms with Crippen LogP contribution in [-0.2, 0) is 14.3 Å². The van der Waals surface area contributed by atoms with Crippen molar-refractivity contribution >= 4 is 11.8 Å². The highest BCUT2D eigenvalue weighted by molar-refractivity contribution is 6.02. The van der Waals surface area contributed by atoms with Gasteiger partial charge in [-0.05, 0) is 27.2 Å². The summed E-state index contributed by atoms with van der Waals surface area (Å²) in [7, 11) is 3.27. The van der Waals surface area contributed by atoms with Crippen LogP contribution in [-0.4, -0.2) is 42.7 Å². The maximum atomic E-state index is 11.1. The zero-order chi connectivity index (χ0) is 16.5. The average Bonchev–Trinajstić information content (AvgIpc) is 2.44. The number of rotatable bonds is 4. The van der Waals surface area contributed by atoms with Gasteiger partial charge in [0.2, 0.25) is 0 Å². The molecular formula is C16H24N2O4. The SMILES string of the molecule is COC1=C(OC)CC2=C(C1)CC(C)(C)NC2=NC(C)C(=O)O. The number of carbonyl (C=O) groups is 1. The van der Waals surface area contributed by atoms with Crippen LogP contribution in [0.4, 0.5) is 0 Å². The summed E-state index contributed by atoms with van der Waals surface area (Å²) in [5.74, 6) is 1.34. The third-order valence-corrected chi connectivity index (χ3v) is 4.02. The second-order valence-electron chi connectivity index (χ2n) is 6.37. The van der Waals surface area contributed by atoms with Gasteiger partial charge >= 0.3 is 5.97 Å². The van der Waals surface area contributed by atoms with E-state index in [1.807, 2.05) is 0 Å². The lowest BCUT2D eigenvalue weighted by Gasteiger charge is -2.38. The molecule has 2 aliphatic rings. The lowest BCUT2D eigenvalue weighted by molar-refractivity contribution is -0.137. The van der Waals surface area contributed by atoms with Crippen molar-refractivity contribution in [2.45, 2.75) is 51.6 Å². The van der Waals surface area contributed by atoms with E-state index in [9.17, 15) is 4.79 Å². The Labute approximate surface area is 130 Å². The first-order valence-corrected chi connectivity index (χ1v) is 7.37. The van der Waals surface area contributed by atoms with Gasteiger partial charge in [0, 0.05) is 24.0 Å². The molecule has 1 heterocycles. The quantitative estimate of drug-likeness (QED) is 0.832. The van der Waals surface area contributed by atoms with E-state index >= 15 is 0 Å². The molecule has 22 heavy (non-hydrogen) atoms. The smallest absolute Gasteiger partial charge is 0.328 e. The number of nitrogens with one attached hydrogen (secondary N) is 1. The molecule has 6 heteroatoms. The van der Waals surface area contributed by atoms with Crippen LogP contribution in [0, 0.1) is 0 Å². The van der Waals surface area contributed by atoms with Crippen LogP contribution >= 0.6 is 0 Å². The molecule has 1 aliphatic heterocycles. The van der Waals surface area contributed by atoms with Crippen LogP contribution in [0.15, 0.2) is 27.7 Å². The molecule has 0 aromatic heterocycles. The summed E-state index contributed by atoms with van der Waals surface area (Å²) < 4.78 is 10.9. The average molecular weight is 308 g/mol. The number of carboxylic acids is 1. The van der Waals surface area contributed by atoms with Crippen LogP contribution in [0.1, 0.15) is 40.0 Å². The van der Waals surface area contributed by atoms with Crippen molar-refractivity contribution in [2.75, 3.05) is 14.2 Å². The Balaban J connectivity index is 2.41. The molecule has 0 spiro atoms. The fourth-order valence-electron chi connectivity index (χ4n) is 2.91. The number of hydrogen-bond acceptors (Lipinski definition) is 4. The Morgan fingerprint density at radius 2 is 1.86 bits per heavy atom. The van der Waals surface area contributed by atoms with Crippen LogP contribution in [0.2, 0.25) is 0 Å². The standard InChI is InChI=1S/C16H24N2O4/c1-9(15(19)20)17-14-11-7-13(22-5)12(21-4)6-10(11)8-16(2,3)18-14/h9H,6-8H2,1-5H3,(H,17,18)(H,19,20). The zero-order valence-electron chi connectivity index (χ0n) is 13.8. The summed E-state index contributed by atoms with van der Waals surface area (Å²) in [5, 5.41) is 12.5. The van der Waals surface area contributed by atoms with Gasteiger partial charge in [-0.3, -0.25) is 4.99 Å². The summed E-state index contributed by atoms with van der Waals surface area (Å²) in [6, 6.07) is -0.788. The van der Waals surface area contributed by atoms with Crippen molar-refractivity contribution in [3.8, 4) is 0 Å². The largest absolute Gasteiger partial charge is 0.497 e. The topological polar surface area (TPSA) is 80.2 Å². The predicted molar refractivity (Wildman–Crippen MR) is 83.7 cm³/mol. The minimum Gasteiger partial charge on any atom is -0.497 e. The molecule has 2 N–H and O–H groups in total. The van der Waals surface area contributed by atoms with E-state index in [-0.39, 0.29) is 5.54 Å². The van der Waals surface area contributed by atoms with E-state index in [1.54, 1.807) is 21.1 Å². The van der Waals surface area contributed by atoms with E-state index in [2.05, 4.69) is 24.2 Å². The summed E-state index contributed by atoms with van der Waals surface area (Å²) in [5.41, 5.74) is 2.10. The van der Waals surface area contributed by atoms with E-state index in [0.29, 0.717) is 18.7 Å². The number of nitrogens with zero attached hydrogens (tertiary/aromatic N) is 1. The lowest BCUT2D eigenvalue weighted by Crippen LogP contribution is -2.49. The van der Waals surface area contributed by atoms with Gasteiger partial charge < -0.3 is 19.9 Å². The number of hydrogen-bond donors (Lipinski definition) is 2. The summed E-state index contributed by atoms with van der Waals surface area (Å²) in [4.78, 5) is 15.5. The number of amidine groups is 1. The third-order valence-electron chi connectivity index (χ3n) is 4.02. The maximum absolute atomic E-state index is 11.1. The van der Waals surface area contributed by atoms with E-state index in [1.165, 1.54) is 5.57 Å². The van der Waals surface area contributed by atoms with Gasteiger partial charge in [-0.25, -0.2) is 4.79 Å². The highest BCUT2D eigenvalue weighted by Crippen LogP contribution is 2.38. The minimum atomic E-state index is -0.935. The van der Waals surface area contributed by atoms with Gasteiger partial charge in [0.05, 0.1) is 14.2 Å². The van der Waals surface area contributed by atoms with Crippen molar-refractivity contribution in [1.29, 1.82) is 0 Å². The van der Waals surface area contributed by atoms with Crippen molar-refractivity contribution in [2.24, 2.45) is 4.99 Å². The number of ether oxygens (including phenoxy) is 2. The van der Waals surface area contributed by atoms with Crippen molar-refractivity contribution in [1.82, 2.24) is 5.32 Å². The molecule has 0 fully saturated rings. The first-order valence-electron chi connectivity index (χ1n) is 7.37. The molecule has 0 aromatic rings. The predicted octanol–water partition coefficient (Wildman–Crippen LogP) is 2.22. The Hall–Kier alpha value is -1.98. The van der Waals surface area contributed by atoms with E-state index < -0.39 is 12.0 Å². The highest BCUT2D eigenvalue weighted by Gasteiger charge is 2.35. The van der Waals surface area contributed by atoms with Crippen molar-refractivity contribution in [3.63, 3.8) is 0 Å². The molecule has 122 valence electrons. The monoisotopic (exact) mass is 308 g/mol. The van der Waals surface area contributed by atoms with Gasteiger partial charge in [0.25, 0.3) is 0 Å². The summed E-state index contributed by atoms with van der Waals surface area (Å²) in [6.45, 7) is 5.74. The number of allylic oxidation sites excluding steroid dienone is 2. The summed E-state index contributed by atoms with van der Waals surface area (Å²) >= 11 is 0. The first-order chi connectivity index (χ1) is 10.3. The molecule has 0 saturated heterocycles. The normalized spacial score (nSPS) is 23.8. The van der Waals surface area contributed by atoms with Crippen molar-refractivity contribution < 1.29 is 19.4 Å². The van der Waals surface area contributed by atoms with Crippen LogP contribution in [0.3, 0.4) is 0 Å². The fraction of sp³-hybridized carbons (Fsp3) is 0.625. The molecule has 0 amide bonds. The molecule has 0 aromatic carbocycles. The van der Waals surface area contributed by atoms with Gasteiger partial charge in [0.1, 0.15) is 23.4 Å². The van der Waals surface area contributed by atoms with Crippen molar-refractivity contribution in [3.05, 3.63) is 22.7 Å². The van der Waals surface area contributed by atoms with Gasteiger partial charge in [-0.1, -0.05) is 5.57 Å². The fourth-order valence-corrected chi connectivity index (χ4v) is 2.91. The number of aliphatic carboxylic acids is 1. The molecule has 0 bridgehead atoms. The number of methoxy groups -OCH3 is 2. The van der Waals surface area contributed by atoms with Gasteiger partial charge in [0.15, 0.2) is 0 Å².